The van der Waals surface area contributed by atoms with Crippen LogP contribution in [0.4, 0.5) is 11.4 Å². The van der Waals surface area contributed by atoms with E-state index in [1.54, 1.807) is 6.07 Å². The molecule has 2 aromatic rings. The van der Waals surface area contributed by atoms with E-state index in [-0.39, 0.29) is 0 Å². The molecule has 80 valence electrons. The van der Waals surface area contributed by atoms with Gasteiger partial charge in [-0.15, -0.1) is 0 Å². The summed E-state index contributed by atoms with van der Waals surface area (Å²) in [6.45, 7) is 0. The molecule has 0 aliphatic carbocycles. The molecule has 2 rings (SSSR count). The molecule has 0 heterocycles. The molecule has 0 spiro atoms. The normalized spacial score (nSPS) is 10.8. The maximum atomic E-state index is 5.85. The van der Waals surface area contributed by atoms with E-state index in [1.165, 1.54) is 0 Å². The van der Waals surface area contributed by atoms with Crippen LogP contribution in [0.5, 0.6) is 0 Å². The van der Waals surface area contributed by atoms with Crippen LogP contribution in [-0.2, 0) is 0 Å². The SMILES string of the molecule is Nc1ccc(/C=C\c2ccccc2)c(N)c1. The van der Waals surface area contributed by atoms with Crippen molar-refractivity contribution in [2.24, 2.45) is 0 Å². The van der Waals surface area contributed by atoms with Gasteiger partial charge in [-0.25, -0.2) is 0 Å². The van der Waals surface area contributed by atoms with Crippen molar-refractivity contribution in [3.05, 3.63) is 59.7 Å². The third kappa shape index (κ3) is 2.42. The monoisotopic (exact) mass is 210 g/mol. The van der Waals surface area contributed by atoms with Crippen molar-refractivity contribution < 1.29 is 0 Å². The Morgan fingerprint density at radius 3 is 2.25 bits per heavy atom. The smallest absolute Gasteiger partial charge is 0.0408 e. The summed E-state index contributed by atoms with van der Waals surface area (Å²) in [6, 6.07) is 15.6. The van der Waals surface area contributed by atoms with E-state index < -0.39 is 0 Å². The Balaban J connectivity index is 2.24. The molecule has 16 heavy (non-hydrogen) atoms. The Labute approximate surface area is 95.2 Å². The molecular formula is C14H14N2. The maximum absolute atomic E-state index is 5.85. The van der Waals surface area contributed by atoms with Gasteiger partial charge >= 0.3 is 0 Å². The van der Waals surface area contributed by atoms with Crippen molar-refractivity contribution in [2.45, 2.75) is 0 Å². The van der Waals surface area contributed by atoms with Crippen LogP contribution in [0.15, 0.2) is 48.5 Å². The topological polar surface area (TPSA) is 52.0 Å². The molecule has 0 saturated heterocycles. The van der Waals surface area contributed by atoms with Gasteiger partial charge in [0.05, 0.1) is 0 Å². The van der Waals surface area contributed by atoms with E-state index in [1.807, 2.05) is 54.6 Å². The van der Waals surface area contributed by atoms with Gasteiger partial charge in [-0.3, -0.25) is 0 Å². The molecule has 0 atom stereocenters. The van der Waals surface area contributed by atoms with Crippen LogP contribution >= 0.6 is 0 Å². The number of nitrogen functional groups attached to an aromatic ring is 2. The van der Waals surface area contributed by atoms with E-state index in [2.05, 4.69) is 0 Å². The third-order valence-electron chi connectivity index (χ3n) is 2.37. The first-order chi connectivity index (χ1) is 7.75. The number of anilines is 2. The molecule has 2 nitrogen and oxygen atoms in total. The highest BCUT2D eigenvalue weighted by atomic mass is 14.6. The molecule has 0 saturated carbocycles. The van der Waals surface area contributed by atoms with Crippen molar-refractivity contribution in [3.63, 3.8) is 0 Å². The molecule has 0 aliphatic rings. The first-order valence-electron chi connectivity index (χ1n) is 5.14. The summed E-state index contributed by atoms with van der Waals surface area (Å²) in [5.74, 6) is 0. The van der Waals surface area contributed by atoms with E-state index in [0.717, 1.165) is 11.1 Å². The molecule has 0 bridgehead atoms. The zero-order chi connectivity index (χ0) is 11.4. The summed E-state index contributed by atoms with van der Waals surface area (Å²) in [6.07, 6.45) is 4.02. The maximum Gasteiger partial charge on any atom is 0.0408 e. The number of hydrogen-bond acceptors (Lipinski definition) is 2. The zero-order valence-corrected chi connectivity index (χ0v) is 8.93. The van der Waals surface area contributed by atoms with Gasteiger partial charge in [0.15, 0.2) is 0 Å². The van der Waals surface area contributed by atoms with Crippen LogP contribution < -0.4 is 11.5 Å². The largest absolute Gasteiger partial charge is 0.399 e. The lowest BCUT2D eigenvalue weighted by molar-refractivity contribution is 1.62. The summed E-state index contributed by atoms with van der Waals surface area (Å²) in [7, 11) is 0. The van der Waals surface area contributed by atoms with Crippen molar-refractivity contribution in [3.8, 4) is 0 Å². The molecule has 0 radical (unpaired) electrons. The average molecular weight is 210 g/mol. The first-order valence-corrected chi connectivity index (χ1v) is 5.14. The Morgan fingerprint density at radius 1 is 0.812 bits per heavy atom. The van der Waals surface area contributed by atoms with Gasteiger partial charge in [-0.05, 0) is 23.3 Å². The Bertz CT molecular complexity index is 501. The predicted molar refractivity (Wildman–Crippen MR) is 70.6 cm³/mol. The molecule has 0 unspecified atom stereocenters. The number of rotatable bonds is 2. The van der Waals surface area contributed by atoms with Gasteiger partial charge < -0.3 is 11.5 Å². The van der Waals surface area contributed by atoms with Crippen LogP contribution in [0.1, 0.15) is 11.1 Å². The third-order valence-corrected chi connectivity index (χ3v) is 2.37. The molecule has 4 N–H and O–H groups in total. The average Bonchev–Trinajstić information content (AvgIpc) is 2.29. The summed E-state index contributed by atoms with van der Waals surface area (Å²) in [4.78, 5) is 0. The van der Waals surface area contributed by atoms with Crippen molar-refractivity contribution in [2.75, 3.05) is 11.5 Å². The van der Waals surface area contributed by atoms with Gasteiger partial charge in [-0.2, -0.15) is 0 Å². The van der Waals surface area contributed by atoms with Gasteiger partial charge in [0, 0.05) is 11.4 Å². The van der Waals surface area contributed by atoms with Crippen LogP contribution in [0.2, 0.25) is 0 Å². The fraction of sp³-hybridized carbons (Fsp3) is 0. The molecule has 2 aromatic carbocycles. The molecule has 0 aromatic heterocycles. The Hall–Kier alpha value is -2.22. The standard InChI is InChI=1S/C14H14N2/c15-13-9-8-12(14(16)10-13)7-6-11-4-2-1-3-5-11/h1-10H,15-16H2/b7-6-. The highest BCUT2D eigenvalue weighted by Crippen LogP contribution is 2.18. The lowest BCUT2D eigenvalue weighted by atomic mass is 10.1. The van der Waals surface area contributed by atoms with E-state index in [4.69, 9.17) is 11.5 Å². The minimum absolute atomic E-state index is 0.689. The lowest BCUT2D eigenvalue weighted by Gasteiger charge is -2.01. The van der Waals surface area contributed by atoms with Gasteiger partial charge in [-0.1, -0.05) is 48.6 Å². The van der Waals surface area contributed by atoms with Gasteiger partial charge in [0.2, 0.25) is 0 Å². The quantitative estimate of drug-likeness (QED) is 0.591. The summed E-state index contributed by atoms with van der Waals surface area (Å²) in [5.41, 5.74) is 15.0. The second-order valence-electron chi connectivity index (χ2n) is 3.63. The lowest BCUT2D eigenvalue weighted by Crippen LogP contribution is -1.92. The highest BCUT2D eigenvalue weighted by Gasteiger charge is 1.94. The Morgan fingerprint density at radius 2 is 1.56 bits per heavy atom. The van der Waals surface area contributed by atoms with Crippen LogP contribution in [0.3, 0.4) is 0 Å². The summed E-state index contributed by atoms with van der Waals surface area (Å²) in [5, 5.41) is 0. The van der Waals surface area contributed by atoms with Gasteiger partial charge in [0.1, 0.15) is 0 Å². The van der Waals surface area contributed by atoms with Crippen LogP contribution in [-0.4, -0.2) is 0 Å². The fourth-order valence-corrected chi connectivity index (χ4v) is 1.50. The van der Waals surface area contributed by atoms with E-state index in [0.29, 0.717) is 11.4 Å². The van der Waals surface area contributed by atoms with Crippen LogP contribution in [0, 0.1) is 0 Å². The predicted octanol–water partition coefficient (Wildman–Crippen LogP) is 3.02. The van der Waals surface area contributed by atoms with Gasteiger partial charge in [0.25, 0.3) is 0 Å². The second kappa shape index (κ2) is 4.53. The number of hydrogen-bond donors (Lipinski definition) is 2. The van der Waals surface area contributed by atoms with Crippen molar-refractivity contribution in [1.82, 2.24) is 0 Å². The molecule has 2 heteroatoms. The minimum atomic E-state index is 0.689. The molecule has 0 amide bonds. The fourth-order valence-electron chi connectivity index (χ4n) is 1.50. The molecule has 0 aliphatic heterocycles. The Kier molecular flexibility index (Phi) is 2.92. The van der Waals surface area contributed by atoms with Crippen molar-refractivity contribution >= 4 is 23.5 Å². The first kappa shape index (κ1) is 10.3. The van der Waals surface area contributed by atoms with Crippen LogP contribution in [0.25, 0.3) is 12.2 Å². The molecule has 0 fully saturated rings. The summed E-state index contributed by atoms with van der Waals surface area (Å²) < 4.78 is 0. The second-order valence-corrected chi connectivity index (χ2v) is 3.63. The zero-order valence-electron chi connectivity index (χ0n) is 8.93. The molecular weight excluding hydrogens is 196 g/mol. The number of nitrogens with two attached hydrogens (primary N) is 2. The van der Waals surface area contributed by atoms with E-state index >= 15 is 0 Å². The highest BCUT2D eigenvalue weighted by molar-refractivity contribution is 5.77. The van der Waals surface area contributed by atoms with Crippen molar-refractivity contribution in [1.29, 1.82) is 0 Å². The number of benzene rings is 2. The van der Waals surface area contributed by atoms with E-state index in [9.17, 15) is 0 Å². The summed E-state index contributed by atoms with van der Waals surface area (Å²) >= 11 is 0. The minimum Gasteiger partial charge on any atom is -0.399 e.